The van der Waals surface area contributed by atoms with Crippen LogP contribution in [-0.4, -0.2) is 61.0 Å². The maximum absolute atomic E-state index is 12.7. The van der Waals surface area contributed by atoms with Gasteiger partial charge in [-0.15, -0.1) is 0 Å². The normalized spacial score (nSPS) is 19.2. The minimum absolute atomic E-state index is 0.106. The number of hydrogen-bond acceptors (Lipinski definition) is 6. The molecular formula is C18H24N2O5. The van der Waals surface area contributed by atoms with Gasteiger partial charge in [0.1, 0.15) is 5.69 Å². The van der Waals surface area contributed by atoms with Gasteiger partial charge in [0.05, 0.1) is 31.1 Å². The second kappa shape index (κ2) is 7.93. The Balaban J connectivity index is 1.61. The van der Waals surface area contributed by atoms with E-state index in [0.717, 1.165) is 12.8 Å². The summed E-state index contributed by atoms with van der Waals surface area (Å²) in [7, 11) is 0. The molecule has 0 saturated carbocycles. The molecule has 2 saturated heterocycles. The van der Waals surface area contributed by atoms with Crippen LogP contribution in [0.2, 0.25) is 0 Å². The van der Waals surface area contributed by atoms with E-state index in [1.165, 1.54) is 0 Å². The third-order valence-electron chi connectivity index (χ3n) is 4.66. The summed E-state index contributed by atoms with van der Waals surface area (Å²) in [5.74, 6) is -0.179. The molecule has 7 heteroatoms. The standard InChI is InChI=1S/C18H24N2O5/c1-3-23-17(22)14-4-5-15(19-12(14)2)16(21)20-8-6-13(7-9-20)18-24-10-11-25-18/h4-5,13,18H,3,6-11H2,1-2H3. The van der Waals surface area contributed by atoms with Crippen molar-refractivity contribution in [3.8, 4) is 0 Å². The third kappa shape index (κ3) is 3.99. The lowest BCUT2D eigenvalue weighted by atomic mass is 9.96. The molecular weight excluding hydrogens is 324 g/mol. The number of ether oxygens (including phenoxy) is 3. The lowest BCUT2D eigenvalue weighted by molar-refractivity contribution is -0.0956. The van der Waals surface area contributed by atoms with Gasteiger partial charge < -0.3 is 19.1 Å². The highest BCUT2D eigenvalue weighted by molar-refractivity contribution is 5.95. The summed E-state index contributed by atoms with van der Waals surface area (Å²) in [6, 6.07) is 3.21. The fourth-order valence-corrected chi connectivity index (χ4v) is 3.29. The van der Waals surface area contributed by atoms with E-state index in [2.05, 4.69) is 4.98 Å². The molecule has 2 aliphatic heterocycles. The molecule has 2 fully saturated rings. The average Bonchev–Trinajstić information content (AvgIpc) is 3.16. The predicted molar refractivity (Wildman–Crippen MR) is 89.3 cm³/mol. The first-order valence-electron chi connectivity index (χ1n) is 8.77. The van der Waals surface area contributed by atoms with E-state index in [1.54, 1.807) is 30.9 Å². The molecule has 0 N–H and O–H groups in total. The molecule has 3 heterocycles. The Morgan fingerprint density at radius 2 is 1.92 bits per heavy atom. The first-order chi connectivity index (χ1) is 12.1. The second-order valence-corrected chi connectivity index (χ2v) is 6.29. The summed E-state index contributed by atoms with van der Waals surface area (Å²) in [4.78, 5) is 30.6. The molecule has 1 amide bonds. The molecule has 1 aromatic heterocycles. The number of carbonyl (C=O) groups is 2. The number of aromatic nitrogens is 1. The predicted octanol–water partition coefficient (Wildman–Crippen LogP) is 1.79. The number of aryl methyl sites for hydroxylation is 1. The Bertz CT molecular complexity index is 634. The third-order valence-corrected chi connectivity index (χ3v) is 4.66. The van der Waals surface area contributed by atoms with E-state index in [1.807, 2.05) is 0 Å². The van der Waals surface area contributed by atoms with Gasteiger partial charge in [-0.1, -0.05) is 0 Å². The summed E-state index contributed by atoms with van der Waals surface area (Å²) in [5, 5.41) is 0. The summed E-state index contributed by atoms with van der Waals surface area (Å²) in [6.07, 6.45) is 1.59. The maximum Gasteiger partial charge on any atom is 0.339 e. The van der Waals surface area contributed by atoms with Crippen LogP contribution in [0.4, 0.5) is 0 Å². The Morgan fingerprint density at radius 3 is 2.52 bits per heavy atom. The van der Waals surface area contributed by atoms with Gasteiger partial charge in [-0.2, -0.15) is 0 Å². The summed E-state index contributed by atoms with van der Waals surface area (Å²) in [5.41, 5.74) is 1.26. The number of likely N-dealkylation sites (tertiary alicyclic amines) is 1. The van der Waals surface area contributed by atoms with Gasteiger partial charge in [-0.25, -0.2) is 9.78 Å². The minimum Gasteiger partial charge on any atom is -0.462 e. The fourth-order valence-electron chi connectivity index (χ4n) is 3.29. The molecule has 1 aromatic rings. The lowest BCUT2D eigenvalue weighted by Crippen LogP contribution is -2.41. The Morgan fingerprint density at radius 1 is 1.24 bits per heavy atom. The van der Waals surface area contributed by atoms with Gasteiger partial charge in [0.2, 0.25) is 0 Å². The molecule has 136 valence electrons. The van der Waals surface area contributed by atoms with E-state index in [-0.39, 0.29) is 12.2 Å². The Labute approximate surface area is 147 Å². The van der Waals surface area contributed by atoms with Crippen molar-refractivity contribution in [3.63, 3.8) is 0 Å². The summed E-state index contributed by atoms with van der Waals surface area (Å²) < 4.78 is 16.1. The quantitative estimate of drug-likeness (QED) is 0.772. The Kier molecular flexibility index (Phi) is 5.65. The molecule has 0 aliphatic carbocycles. The van der Waals surface area contributed by atoms with Gasteiger partial charge in [0.15, 0.2) is 6.29 Å². The number of esters is 1. The monoisotopic (exact) mass is 348 g/mol. The van der Waals surface area contributed by atoms with Crippen LogP contribution in [0.25, 0.3) is 0 Å². The van der Waals surface area contributed by atoms with Crippen molar-refractivity contribution >= 4 is 11.9 Å². The van der Waals surface area contributed by atoms with Gasteiger partial charge in [0.25, 0.3) is 5.91 Å². The molecule has 25 heavy (non-hydrogen) atoms. The van der Waals surface area contributed by atoms with Crippen LogP contribution in [0.1, 0.15) is 46.3 Å². The van der Waals surface area contributed by atoms with E-state index in [4.69, 9.17) is 14.2 Å². The zero-order valence-corrected chi connectivity index (χ0v) is 14.7. The highest BCUT2D eigenvalue weighted by Gasteiger charge is 2.32. The van der Waals surface area contributed by atoms with E-state index in [0.29, 0.717) is 55.8 Å². The molecule has 7 nitrogen and oxygen atoms in total. The van der Waals surface area contributed by atoms with Crippen molar-refractivity contribution in [2.75, 3.05) is 32.9 Å². The van der Waals surface area contributed by atoms with Crippen molar-refractivity contribution in [2.45, 2.75) is 33.0 Å². The van der Waals surface area contributed by atoms with Gasteiger partial charge in [0, 0.05) is 19.0 Å². The number of carbonyl (C=O) groups excluding carboxylic acids is 2. The van der Waals surface area contributed by atoms with Crippen LogP contribution in [-0.2, 0) is 14.2 Å². The molecule has 0 aromatic carbocycles. The van der Waals surface area contributed by atoms with Crippen LogP contribution in [0.5, 0.6) is 0 Å². The minimum atomic E-state index is -0.413. The number of rotatable bonds is 4. The van der Waals surface area contributed by atoms with E-state index < -0.39 is 5.97 Å². The summed E-state index contributed by atoms with van der Waals surface area (Å²) >= 11 is 0. The van der Waals surface area contributed by atoms with Gasteiger partial charge in [-0.3, -0.25) is 4.79 Å². The number of amides is 1. The summed E-state index contributed by atoms with van der Waals surface area (Å²) in [6.45, 7) is 6.40. The van der Waals surface area contributed by atoms with Crippen LogP contribution in [0.3, 0.4) is 0 Å². The molecule has 0 unspecified atom stereocenters. The van der Waals surface area contributed by atoms with Crippen LogP contribution < -0.4 is 0 Å². The van der Waals surface area contributed by atoms with E-state index in [9.17, 15) is 9.59 Å². The zero-order chi connectivity index (χ0) is 17.8. The number of nitrogens with zero attached hydrogens (tertiary/aromatic N) is 2. The molecule has 0 spiro atoms. The second-order valence-electron chi connectivity index (χ2n) is 6.29. The molecule has 3 rings (SSSR count). The largest absolute Gasteiger partial charge is 0.462 e. The zero-order valence-electron chi connectivity index (χ0n) is 14.7. The van der Waals surface area contributed by atoms with Crippen molar-refractivity contribution in [2.24, 2.45) is 5.92 Å². The van der Waals surface area contributed by atoms with Gasteiger partial charge >= 0.3 is 5.97 Å². The van der Waals surface area contributed by atoms with Crippen molar-refractivity contribution in [1.29, 1.82) is 0 Å². The maximum atomic E-state index is 12.7. The van der Waals surface area contributed by atoms with Crippen molar-refractivity contribution in [3.05, 3.63) is 29.1 Å². The van der Waals surface area contributed by atoms with Crippen molar-refractivity contribution in [1.82, 2.24) is 9.88 Å². The highest BCUT2D eigenvalue weighted by atomic mass is 16.7. The highest BCUT2D eigenvalue weighted by Crippen LogP contribution is 2.26. The SMILES string of the molecule is CCOC(=O)c1ccc(C(=O)N2CCC(C3OCCO3)CC2)nc1C. The Hall–Kier alpha value is -1.99. The number of hydrogen-bond donors (Lipinski definition) is 0. The molecule has 0 bridgehead atoms. The van der Waals surface area contributed by atoms with Gasteiger partial charge in [-0.05, 0) is 38.8 Å². The van der Waals surface area contributed by atoms with E-state index >= 15 is 0 Å². The lowest BCUT2D eigenvalue weighted by Gasteiger charge is -2.33. The smallest absolute Gasteiger partial charge is 0.339 e. The fraction of sp³-hybridized carbons (Fsp3) is 0.611. The molecule has 2 aliphatic rings. The number of pyridine rings is 1. The molecule has 0 atom stereocenters. The first kappa shape index (κ1) is 17.8. The number of piperidine rings is 1. The van der Waals surface area contributed by atoms with Crippen LogP contribution >= 0.6 is 0 Å². The first-order valence-corrected chi connectivity index (χ1v) is 8.77. The topological polar surface area (TPSA) is 78.0 Å². The van der Waals surface area contributed by atoms with Crippen molar-refractivity contribution < 1.29 is 23.8 Å². The molecule has 0 radical (unpaired) electrons. The van der Waals surface area contributed by atoms with Crippen LogP contribution in [0.15, 0.2) is 12.1 Å². The van der Waals surface area contributed by atoms with Crippen LogP contribution in [0, 0.1) is 12.8 Å². The average molecular weight is 348 g/mol.